The molecular formula is C96H64BBrN2O4. The highest BCUT2D eigenvalue weighted by molar-refractivity contribution is 9.10. The van der Waals surface area contributed by atoms with Gasteiger partial charge < -0.3 is 28.0 Å². The normalized spacial score (nSPS) is 11.4. The number of fused-ring (bicyclic) bond motifs is 12. The SMILES string of the molecule is Brc1ccc(-c2ccc3c(c2)oc2ccccc23)cc1.OB(O)c1ccc(-n2c3ccc(-c4ccccc4)cc3c3cc(-c4ccccc4)ccc32)cc1.c1ccc(-c2ccc3c(c2)c2cc(-c4ccccc4)ccc2n3-c2ccc(-c3ccc(-c4ccc5c(c4)oc4ccccc45)cc3)cc2)cc1. The van der Waals surface area contributed by atoms with Crippen LogP contribution in [0.4, 0.5) is 0 Å². The van der Waals surface area contributed by atoms with Gasteiger partial charge in [-0.15, -0.1) is 0 Å². The van der Waals surface area contributed by atoms with Crippen molar-refractivity contribution in [3.05, 3.63) is 381 Å². The van der Waals surface area contributed by atoms with Crippen LogP contribution in [-0.2, 0) is 0 Å². The molecule has 16 aromatic carbocycles. The summed E-state index contributed by atoms with van der Waals surface area (Å²) in [6, 6.07) is 132. The summed E-state index contributed by atoms with van der Waals surface area (Å²) in [7, 11) is -1.48. The molecule has 0 saturated heterocycles. The molecule has 0 atom stereocenters. The van der Waals surface area contributed by atoms with E-state index in [-0.39, 0.29) is 0 Å². The Kier molecular flexibility index (Phi) is 16.6. The van der Waals surface area contributed by atoms with Crippen molar-refractivity contribution in [1.82, 2.24) is 9.13 Å². The molecule has 0 unspecified atom stereocenters. The standard InChI is InChI=1S/C48H31NO.C30H22BNO2.C18H11BrO/c1-3-9-32(10-4-1)37-22-27-45-43(29-37)44-30-38(33-11-5-2-6-12-33)23-28-46(44)49(45)40-24-19-35(20-25-40)34-15-17-36(18-16-34)39-21-26-42-41-13-7-8-14-47(41)50-48(42)31-39;33-31(34)25-13-15-26(16-14-25)32-29-17-11-23(21-7-3-1-4-8-21)19-27(29)28-20-24(12-18-30(28)32)22-9-5-2-6-10-22;19-14-8-5-12(6-9-14)13-7-10-16-15-3-1-2-4-17(15)20-18(16)11-13/h1-31H;1-20,33-34H;1-11H. The Morgan fingerprint density at radius 3 is 0.808 bits per heavy atom. The first-order valence-corrected chi connectivity index (χ1v) is 35.7. The van der Waals surface area contributed by atoms with E-state index in [0.29, 0.717) is 5.46 Å². The van der Waals surface area contributed by atoms with Gasteiger partial charge in [0.05, 0.1) is 22.1 Å². The van der Waals surface area contributed by atoms with Gasteiger partial charge in [-0.3, -0.25) is 0 Å². The van der Waals surface area contributed by atoms with Gasteiger partial charge in [-0.1, -0.05) is 271 Å². The summed E-state index contributed by atoms with van der Waals surface area (Å²) in [5.41, 5.74) is 27.6. The molecule has 0 aliphatic carbocycles. The maximum absolute atomic E-state index is 9.52. The van der Waals surface area contributed by atoms with Gasteiger partial charge in [0.1, 0.15) is 22.3 Å². The summed E-state index contributed by atoms with van der Waals surface area (Å²) in [6.45, 7) is 0. The van der Waals surface area contributed by atoms with Gasteiger partial charge in [0.15, 0.2) is 0 Å². The molecule has 0 aliphatic rings. The molecule has 0 spiro atoms. The van der Waals surface area contributed by atoms with E-state index < -0.39 is 7.12 Å². The number of hydrogen-bond donors (Lipinski definition) is 2. The van der Waals surface area contributed by atoms with Crippen molar-refractivity contribution >= 4 is 116 Å². The average Bonchev–Trinajstić information content (AvgIpc) is 1.58. The van der Waals surface area contributed by atoms with E-state index in [1.807, 2.05) is 54.6 Å². The molecule has 104 heavy (non-hydrogen) atoms. The highest BCUT2D eigenvalue weighted by Crippen LogP contribution is 2.41. The van der Waals surface area contributed by atoms with Crippen molar-refractivity contribution in [2.45, 2.75) is 0 Å². The first-order valence-electron chi connectivity index (χ1n) is 34.9. The number of aromatic nitrogens is 2. The van der Waals surface area contributed by atoms with Crippen molar-refractivity contribution in [2.75, 3.05) is 0 Å². The second-order valence-electron chi connectivity index (χ2n) is 26.3. The molecule has 0 fully saturated rings. The van der Waals surface area contributed by atoms with Crippen LogP contribution in [0, 0.1) is 0 Å². The number of halogens is 1. The Morgan fingerprint density at radius 1 is 0.212 bits per heavy atom. The zero-order chi connectivity index (χ0) is 69.6. The van der Waals surface area contributed by atoms with E-state index in [2.05, 4.69) is 334 Å². The predicted octanol–water partition coefficient (Wildman–Crippen LogP) is 25.2. The molecular weight excluding hydrogens is 1340 g/mol. The second-order valence-corrected chi connectivity index (χ2v) is 27.2. The van der Waals surface area contributed by atoms with Crippen LogP contribution in [0.15, 0.2) is 389 Å². The largest absolute Gasteiger partial charge is 0.488 e. The molecule has 0 bridgehead atoms. The summed E-state index contributed by atoms with van der Waals surface area (Å²) in [6.07, 6.45) is 0. The van der Waals surface area contributed by atoms with E-state index >= 15 is 0 Å². The van der Waals surface area contributed by atoms with Crippen LogP contribution >= 0.6 is 15.9 Å². The lowest BCUT2D eigenvalue weighted by Gasteiger charge is -2.11. The highest BCUT2D eigenvalue weighted by atomic mass is 79.9. The van der Waals surface area contributed by atoms with Gasteiger partial charge in [0.2, 0.25) is 0 Å². The lowest BCUT2D eigenvalue weighted by Crippen LogP contribution is -2.29. The molecule has 6 nitrogen and oxygen atoms in total. The lowest BCUT2D eigenvalue weighted by molar-refractivity contribution is 0.426. The van der Waals surface area contributed by atoms with Gasteiger partial charge in [0, 0.05) is 58.9 Å². The number of rotatable bonds is 10. The predicted molar refractivity (Wildman–Crippen MR) is 438 cm³/mol. The Hall–Kier alpha value is -12.8. The number of hydrogen-bond acceptors (Lipinski definition) is 4. The zero-order valence-electron chi connectivity index (χ0n) is 56.4. The number of para-hydroxylation sites is 2. The lowest BCUT2D eigenvalue weighted by atomic mass is 9.80. The molecule has 20 rings (SSSR count). The van der Waals surface area contributed by atoms with E-state index in [1.165, 1.54) is 116 Å². The van der Waals surface area contributed by atoms with Gasteiger partial charge in [-0.25, -0.2) is 0 Å². The van der Waals surface area contributed by atoms with Crippen LogP contribution in [0.1, 0.15) is 0 Å². The van der Waals surface area contributed by atoms with Crippen LogP contribution in [0.5, 0.6) is 0 Å². The summed E-state index contributed by atoms with van der Waals surface area (Å²) in [4.78, 5) is 0. The molecule has 2 N–H and O–H groups in total. The smallest absolute Gasteiger partial charge is 0.456 e. The third-order valence-electron chi connectivity index (χ3n) is 20.0. The molecule has 0 aliphatic heterocycles. The molecule has 0 saturated carbocycles. The van der Waals surface area contributed by atoms with Crippen molar-refractivity contribution in [1.29, 1.82) is 0 Å². The fourth-order valence-corrected chi connectivity index (χ4v) is 15.0. The summed E-state index contributed by atoms with van der Waals surface area (Å²) >= 11 is 3.46. The topological polar surface area (TPSA) is 76.6 Å². The molecule has 0 amide bonds. The molecule has 0 radical (unpaired) electrons. The van der Waals surface area contributed by atoms with Crippen molar-refractivity contribution in [3.63, 3.8) is 0 Å². The van der Waals surface area contributed by atoms with E-state index in [4.69, 9.17) is 8.83 Å². The molecule has 4 aromatic heterocycles. The Balaban J connectivity index is 0.000000122. The monoisotopic (exact) mass is 1400 g/mol. The third-order valence-corrected chi connectivity index (χ3v) is 20.5. The molecule has 492 valence electrons. The van der Waals surface area contributed by atoms with Crippen molar-refractivity contribution < 1.29 is 18.9 Å². The van der Waals surface area contributed by atoms with Crippen LogP contribution in [-0.4, -0.2) is 26.3 Å². The van der Waals surface area contributed by atoms with E-state index in [1.54, 1.807) is 12.1 Å². The Morgan fingerprint density at radius 2 is 0.462 bits per heavy atom. The summed E-state index contributed by atoms with van der Waals surface area (Å²) in [5, 5.41) is 28.5. The van der Waals surface area contributed by atoms with E-state index in [9.17, 15) is 10.0 Å². The number of furan rings is 2. The average molecular weight is 1400 g/mol. The first-order chi connectivity index (χ1) is 51.3. The Labute approximate surface area is 609 Å². The van der Waals surface area contributed by atoms with Gasteiger partial charge in [0.25, 0.3) is 0 Å². The highest BCUT2D eigenvalue weighted by Gasteiger charge is 2.19. The fourth-order valence-electron chi connectivity index (χ4n) is 14.8. The molecule has 20 aromatic rings. The van der Waals surface area contributed by atoms with Crippen LogP contribution < -0.4 is 5.46 Å². The third kappa shape index (κ3) is 12.1. The second kappa shape index (κ2) is 27.3. The minimum atomic E-state index is -1.48. The molecule has 4 heterocycles. The zero-order valence-corrected chi connectivity index (χ0v) is 57.9. The number of benzene rings is 16. The first kappa shape index (κ1) is 63.4. The summed E-state index contributed by atoms with van der Waals surface area (Å²) in [5.74, 6) is 0. The van der Waals surface area contributed by atoms with Crippen LogP contribution in [0.25, 0.3) is 177 Å². The maximum Gasteiger partial charge on any atom is 0.488 e. The van der Waals surface area contributed by atoms with Gasteiger partial charge >= 0.3 is 7.12 Å². The minimum absolute atomic E-state index is 0.474. The quantitative estimate of drug-likeness (QED) is 0.134. The Bertz CT molecular complexity index is 6330. The van der Waals surface area contributed by atoms with E-state index in [0.717, 1.165) is 65.5 Å². The maximum atomic E-state index is 9.52. The molecule has 8 heteroatoms. The van der Waals surface area contributed by atoms with Crippen LogP contribution in [0.2, 0.25) is 0 Å². The van der Waals surface area contributed by atoms with Gasteiger partial charge in [-0.2, -0.15) is 0 Å². The minimum Gasteiger partial charge on any atom is -0.456 e. The van der Waals surface area contributed by atoms with Gasteiger partial charge in [-0.05, 0) is 205 Å². The van der Waals surface area contributed by atoms with Crippen molar-refractivity contribution in [3.8, 4) is 89.3 Å². The van der Waals surface area contributed by atoms with Crippen LogP contribution in [0.3, 0.4) is 0 Å². The summed E-state index contributed by atoms with van der Waals surface area (Å²) < 4.78 is 17.8. The van der Waals surface area contributed by atoms with Crippen molar-refractivity contribution in [2.24, 2.45) is 0 Å². The fraction of sp³-hybridized carbons (Fsp3) is 0. The number of nitrogens with zero attached hydrogens (tertiary/aromatic N) is 2.